The molecule has 1 aromatic heterocycles. The highest BCUT2D eigenvalue weighted by atomic mass is 127. The van der Waals surface area contributed by atoms with Crippen molar-refractivity contribution in [1.82, 2.24) is 4.98 Å². The number of hydrogen-bond donors (Lipinski definition) is 2. The van der Waals surface area contributed by atoms with E-state index < -0.39 is 22.8 Å². The maximum absolute atomic E-state index is 14.1. The number of nitrogens with zero attached hydrogens (tertiary/aromatic N) is 2. The first-order valence-electron chi connectivity index (χ1n) is 5.42. The van der Waals surface area contributed by atoms with Crippen LogP contribution in [0, 0.1) is 37.9 Å². The highest BCUT2D eigenvalue weighted by Crippen LogP contribution is 2.34. The third-order valence-electron chi connectivity index (χ3n) is 2.76. The van der Waals surface area contributed by atoms with Gasteiger partial charge in [0, 0.05) is 14.7 Å². The van der Waals surface area contributed by atoms with Crippen molar-refractivity contribution < 1.29 is 8.78 Å². The molecule has 21 heavy (non-hydrogen) atoms. The number of H-pyrrole nitrogens is 1. The summed E-state index contributed by atoms with van der Waals surface area (Å²) in [6, 6.07) is 5.48. The van der Waals surface area contributed by atoms with E-state index in [-0.39, 0.29) is 26.1 Å². The second kappa shape index (κ2) is 5.50. The summed E-state index contributed by atoms with van der Waals surface area (Å²) in [7, 11) is 0. The minimum Gasteiger partial charge on any atom is -0.384 e. The zero-order chi connectivity index (χ0) is 15.7. The van der Waals surface area contributed by atoms with E-state index in [0.717, 1.165) is 6.07 Å². The van der Waals surface area contributed by atoms with Gasteiger partial charge in [-0.05, 0) is 34.7 Å². The predicted octanol–water partition coefficient (Wildman–Crippen LogP) is 2.25. The quantitative estimate of drug-likeness (QED) is 0.568. The van der Waals surface area contributed by atoms with E-state index in [0.29, 0.717) is 0 Å². The summed E-state index contributed by atoms with van der Waals surface area (Å²) in [5, 5.41) is 18.2. The molecule has 0 radical (unpaired) electrons. The van der Waals surface area contributed by atoms with Crippen molar-refractivity contribution in [2.75, 3.05) is 5.73 Å². The van der Waals surface area contributed by atoms with Gasteiger partial charge in [-0.1, -0.05) is 0 Å². The van der Waals surface area contributed by atoms with E-state index >= 15 is 0 Å². The Bertz CT molecular complexity index is 893. The summed E-state index contributed by atoms with van der Waals surface area (Å²) in [5.41, 5.74) is 3.24. The predicted molar refractivity (Wildman–Crippen MR) is 79.0 cm³/mol. The first-order valence-corrected chi connectivity index (χ1v) is 6.50. The number of hydrogen-bond acceptors (Lipinski definition) is 4. The van der Waals surface area contributed by atoms with Crippen LogP contribution in [0.5, 0.6) is 0 Å². The van der Waals surface area contributed by atoms with Gasteiger partial charge in [0.05, 0.1) is 0 Å². The molecule has 0 saturated carbocycles. The van der Waals surface area contributed by atoms with Crippen molar-refractivity contribution in [3.05, 3.63) is 48.8 Å². The number of pyridine rings is 1. The van der Waals surface area contributed by atoms with Crippen molar-refractivity contribution in [3.8, 4) is 23.3 Å². The van der Waals surface area contributed by atoms with Crippen molar-refractivity contribution in [2.45, 2.75) is 0 Å². The van der Waals surface area contributed by atoms with Crippen LogP contribution >= 0.6 is 22.6 Å². The summed E-state index contributed by atoms with van der Waals surface area (Å²) >= 11 is 1.72. The van der Waals surface area contributed by atoms with E-state index in [2.05, 4.69) is 4.98 Å². The van der Waals surface area contributed by atoms with Gasteiger partial charge in [-0.25, -0.2) is 8.78 Å². The van der Waals surface area contributed by atoms with Gasteiger partial charge in [-0.15, -0.1) is 0 Å². The standard InChI is InChI=1S/C13H5F2IN4O/c14-7-1-2-8(16)10(11(7)15)9-5(3-17)12(19)20-13(21)6(9)4-18/h1-2H,(H3,19,20,21). The molecule has 2 aromatic rings. The lowest BCUT2D eigenvalue weighted by molar-refractivity contribution is 0.510. The maximum atomic E-state index is 14.1. The summed E-state index contributed by atoms with van der Waals surface area (Å²) in [6.07, 6.45) is 0. The molecule has 1 aromatic carbocycles. The van der Waals surface area contributed by atoms with Gasteiger partial charge in [-0.3, -0.25) is 4.79 Å². The summed E-state index contributed by atoms with van der Waals surface area (Å²) < 4.78 is 27.8. The fourth-order valence-corrected chi connectivity index (χ4v) is 2.54. The maximum Gasteiger partial charge on any atom is 0.268 e. The average Bonchev–Trinajstić information content (AvgIpc) is 2.43. The monoisotopic (exact) mass is 398 g/mol. The van der Waals surface area contributed by atoms with Gasteiger partial charge in [-0.2, -0.15) is 10.5 Å². The van der Waals surface area contributed by atoms with Gasteiger partial charge in [0.15, 0.2) is 11.6 Å². The smallest absolute Gasteiger partial charge is 0.268 e. The van der Waals surface area contributed by atoms with Crippen molar-refractivity contribution in [1.29, 1.82) is 10.5 Å². The van der Waals surface area contributed by atoms with E-state index in [1.807, 2.05) is 0 Å². The van der Waals surface area contributed by atoms with Crippen molar-refractivity contribution >= 4 is 28.4 Å². The van der Waals surface area contributed by atoms with Crippen LogP contribution in [0.1, 0.15) is 11.1 Å². The lowest BCUT2D eigenvalue weighted by Crippen LogP contribution is -2.17. The molecule has 3 N–H and O–H groups in total. The molecular weight excluding hydrogens is 393 g/mol. The summed E-state index contributed by atoms with van der Waals surface area (Å²) in [4.78, 5) is 13.9. The molecule has 8 heteroatoms. The molecule has 0 bridgehead atoms. The fourth-order valence-electron chi connectivity index (χ4n) is 1.85. The number of halogens is 3. The topological polar surface area (TPSA) is 106 Å². The van der Waals surface area contributed by atoms with E-state index in [9.17, 15) is 13.6 Å². The normalized spacial score (nSPS) is 9.95. The molecule has 1 heterocycles. The molecule has 0 aliphatic rings. The fraction of sp³-hybridized carbons (Fsp3) is 0. The number of aromatic amines is 1. The number of nitrogen functional groups attached to an aromatic ring is 1. The third kappa shape index (κ3) is 2.34. The Balaban J connectivity index is 3.09. The van der Waals surface area contributed by atoms with Gasteiger partial charge in [0.1, 0.15) is 29.1 Å². The van der Waals surface area contributed by atoms with Crippen LogP contribution < -0.4 is 11.3 Å². The number of aromatic nitrogens is 1. The number of nitrogens with two attached hydrogens (primary N) is 1. The second-order valence-electron chi connectivity index (χ2n) is 3.93. The molecule has 0 aliphatic carbocycles. The average molecular weight is 398 g/mol. The Hall–Kier alpha value is -2.46. The molecule has 0 atom stereocenters. The first kappa shape index (κ1) is 14.9. The Morgan fingerprint density at radius 3 is 2.33 bits per heavy atom. The molecule has 0 fully saturated rings. The Morgan fingerprint density at radius 1 is 1.14 bits per heavy atom. The minimum atomic E-state index is -1.25. The molecule has 0 spiro atoms. The highest BCUT2D eigenvalue weighted by Gasteiger charge is 2.24. The number of benzene rings is 1. The summed E-state index contributed by atoms with van der Waals surface area (Å²) in [6.45, 7) is 0. The Kier molecular flexibility index (Phi) is 3.91. The van der Waals surface area contributed by atoms with E-state index in [4.69, 9.17) is 16.3 Å². The van der Waals surface area contributed by atoms with Gasteiger partial charge >= 0.3 is 0 Å². The lowest BCUT2D eigenvalue weighted by atomic mass is 9.96. The van der Waals surface area contributed by atoms with Gasteiger partial charge in [0.25, 0.3) is 5.56 Å². The molecule has 0 saturated heterocycles. The first-order chi connectivity index (χ1) is 9.92. The van der Waals surface area contributed by atoms with E-state index in [1.54, 1.807) is 34.7 Å². The molecule has 5 nitrogen and oxygen atoms in total. The van der Waals surface area contributed by atoms with Crippen LogP contribution in [0.4, 0.5) is 14.6 Å². The van der Waals surface area contributed by atoms with Crippen LogP contribution in [0.3, 0.4) is 0 Å². The molecule has 0 unspecified atom stereocenters. The number of anilines is 1. The molecular formula is C13H5F2IN4O. The molecule has 0 aliphatic heterocycles. The summed E-state index contributed by atoms with van der Waals surface area (Å²) in [5.74, 6) is -2.71. The van der Waals surface area contributed by atoms with Crippen LogP contribution in [-0.2, 0) is 0 Å². The van der Waals surface area contributed by atoms with Gasteiger partial charge in [0.2, 0.25) is 0 Å². The molecule has 0 amide bonds. The third-order valence-corrected chi connectivity index (χ3v) is 3.66. The van der Waals surface area contributed by atoms with Crippen LogP contribution in [0.25, 0.3) is 11.1 Å². The lowest BCUT2D eigenvalue weighted by Gasteiger charge is -2.11. The largest absolute Gasteiger partial charge is 0.384 e. The minimum absolute atomic E-state index is 0.240. The van der Waals surface area contributed by atoms with Crippen LogP contribution in [0.15, 0.2) is 16.9 Å². The number of rotatable bonds is 1. The zero-order valence-corrected chi connectivity index (χ0v) is 12.3. The highest BCUT2D eigenvalue weighted by molar-refractivity contribution is 14.1. The number of nitrogens with one attached hydrogen (secondary N) is 1. The van der Waals surface area contributed by atoms with Crippen molar-refractivity contribution in [3.63, 3.8) is 0 Å². The van der Waals surface area contributed by atoms with E-state index in [1.165, 1.54) is 6.07 Å². The Morgan fingerprint density at radius 2 is 1.76 bits per heavy atom. The SMILES string of the molecule is N#Cc1c(N)[nH]c(=O)c(C#N)c1-c1c(I)ccc(F)c1F. The molecule has 104 valence electrons. The Labute approximate surface area is 130 Å². The number of nitriles is 2. The molecule has 2 rings (SSSR count). The van der Waals surface area contributed by atoms with Crippen LogP contribution in [0.2, 0.25) is 0 Å². The second-order valence-corrected chi connectivity index (χ2v) is 5.10. The van der Waals surface area contributed by atoms with Crippen LogP contribution in [-0.4, -0.2) is 4.98 Å². The van der Waals surface area contributed by atoms with Gasteiger partial charge < -0.3 is 10.7 Å². The van der Waals surface area contributed by atoms with Crippen molar-refractivity contribution in [2.24, 2.45) is 0 Å². The zero-order valence-electron chi connectivity index (χ0n) is 10.2.